The number of anilines is 1. The van der Waals surface area contributed by atoms with Gasteiger partial charge in [0.1, 0.15) is 0 Å². The topological polar surface area (TPSA) is 57.9 Å². The van der Waals surface area contributed by atoms with Gasteiger partial charge in [0.15, 0.2) is 0 Å². The van der Waals surface area contributed by atoms with E-state index >= 15 is 0 Å². The van der Waals surface area contributed by atoms with E-state index in [0.717, 1.165) is 62.9 Å². The summed E-state index contributed by atoms with van der Waals surface area (Å²) in [4.78, 5) is 17.0. The van der Waals surface area contributed by atoms with Gasteiger partial charge in [0.25, 0.3) is 0 Å². The first-order chi connectivity index (χ1) is 18.5. The fraction of sp³-hybridized carbons (Fsp3) is 0.531. The highest BCUT2D eigenvalue weighted by molar-refractivity contribution is 6.31. The maximum atomic E-state index is 11.9. The fourth-order valence-electron chi connectivity index (χ4n) is 6.99. The predicted molar refractivity (Wildman–Crippen MR) is 161 cm³/mol. The van der Waals surface area contributed by atoms with Crippen LogP contribution in [-0.4, -0.2) is 66.0 Å². The van der Waals surface area contributed by atoms with Crippen molar-refractivity contribution in [3.63, 3.8) is 0 Å². The number of hydrogen-bond acceptors (Lipinski definition) is 4. The van der Waals surface area contributed by atoms with Crippen LogP contribution in [0.3, 0.4) is 0 Å². The van der Waals surface area contributed by atoms with Crippen LogP contribution >= 0.6 is 11.6 Å². The van der Waals surface area contributed by atoms with E-state index < -0.39 is 5.97 Å². The Morgan fingerprint density at radius 2 is 1.87 bits per heavy atom. The summed E-state index contributed by atoms with van der Waals surface area (Å²) in [6, 6.07) is 12.5. The summed E-state index contributed by atoms with van der Waals surface area (Å²) >= 11 is 6.61. The Balaban J connectivity index is 0.00000308. The molecule has 3 aliphatic rings. The van der Waals surface area contributed by atoms with Crippen LogP contribution in [0.15, 0.2) is 36.4 Å². The molecule has 1 aliphatic carbocycles. The summed E-state index contributed by atoms with van der Waals surface area (Å²) in [5.74, 6) is -0.382. The fourth-order valence-corrected chi connectivity index (χ4v) is 7.15. The molecule has 1 saturated heterocycles. The number of nitrogens with zero attached hydrogens (tertiary/aromatic N) is 3. The normalized spacial score (nSPS) is 20.3. The minimum Gasteiger partial charge on any atom is -0.478 e. The first-order valence-electron chi connectivity index (χ1n) is 14.3. The van der Waals surface area contributed by atoms with Gasteiger partial charge in [0.05, 0.1) is 24.5 Å². The Hall–Kier alpha value is -2.54. The minimum absolute atomic E-state index is 0. The largest absolute Gasteiger partial charge is 0.478 e. The molecule has 6 rings (SSSR count). The first-order valence-corrected chi connectivity index (χ1v) is 14.7. The summed E-state index contributed by atoms with van der Waals surface area (Å²) < 4.78 is 8.14. The third-order valence-electron chi connectivity index (χ3n) is 8.99. The number of rotatable bonds is 6. The molecule has 39 heavy (non-hydrogen) atoms. The molecular weight excluding hydrogens is 510 g/mol. The molecule has 1 aromatic heterocycles. The molecule has 0 spiro atoms. The van der Waals surface area contributed by atoms with Crippen LogP contribution in [-0.2, 0) is 11.3 Å². The summed E-state index contributed by atoms with van der Waals surface area (Å²) in [6.45, 7) is 8.40. The minimum atomic E-state index is -0.875. The maximum absolute atomic E-state index is 11.9. The molecule has 1 saturated carbocycles. The van der Waals surface area contributed by atoms with Crippen molar-refractivity contribution in [1.29, 1.82) is 0 Å². The van der Waals surface area contributed by atoms with E-state index in [0.29, 0.717) is 17.5 Å². The van der Waals surface area contributed by atoms with Gasteiger partial charge in [-0.1, -0.05) is 51.3 Å². The lowest BCUT2D eigenvalue weighted by Crippen LogP contribution is -2.48. The van der Waals surface area contributed by atoms with E-state index in [1.54, 1.807) is 6.07 Å². The lowest BCUT2D eigenvalue weighted by molar-refractivity contribution is -0.00713. The summed E-state index contributed by atoms with van der Waals surface area (Å²) in [6.07, 6.45) is 7.28. The second kappa shape index (κ2) is 11.9. The highest BCUT2D eigenvalue weighted by atomic mass is 35.5. The van der Waals surface area contributed by atoms with Gasteiger partial charge in [0, 0.05) is 65.9 Å². The Morgan fingerprint density at radius 3 is 2.64 bits per heavy atom. The third kappa shape index (κ3) is 5.31. The SMILES string of the molecule is C.CCC1COCCN1CCN1CCn2c(c(C3CCCCC3)c3ccc(C(=O)O)cc32)-c2ccc(Cl)cc21. The highest BCUT2D eigenvalue weighted by Gasteiger charge is 2.31. The Kier molecular flexibility index (Phi) is 8.55. The van der Waals surface area contributed by atoms with Crippen LogP contribution in [0.2, 0.25) is 5.02 Å². The number of halogens is 1. The number of aromatic carboxylic acids is 1. The van der Waals surface area contributed by atoms with E-state index in [4.69, 9.17) is 16.3 Å². The average Bonchev–Trinajstić information content (AvgIpc) is 3.18. The van der Waals surface area contributed by atoms with Crippen molar-refractivity contribution in [2.24, 2.45) is 0 Å². The zero-order chi connectivity index (χ0) is 26.2. The van der Waals surface area contributed by atoms with E-state index in [2.05, 4.69) is 39.5 Å². The standard InChI is InChI=1S/C31H38ClN3O3.CH4/c1-2-24-20-38-17-16-33(24)12-13-34-14-15-35-28-18-22(31(36)37)8-10-25(28)29(21-6-4-3-5-7-21)30(35)26-11-9-23(32)19-27(26)34;/h8-11,18-19,21,24H,2-7,12-17,20H2,1H3,(H,36,37);1H4. The van der Waals surface area contributed by atoms with E-state index in [-0.39, 0.29) is 7.43 Å². The van der Waals surface area contributed by atoms with Crippen molar-refractivity contribution in [3.8, 4) is 11.3 Å². The monoisotopic (exact) mass is 551 g/mol. The van der Waals surface area contributed by atoms with Crippen molar-refractivity contribution in [3.05, 3.63) is 52.5 Å². The van der Waals surface area contributed by atoms with Gasteiger partial charge in [-0.25, -0.2) is 4.79 Å². The van der Waals surface area contributed by atoms with Gasteiger partial charge in [0.2, 0.25) is 0 Å². The lowest BCUT2D eigenvalue weighted by Gasteiger charge is -2.37. The van der Waals surface area contributed by atoms with Crippen molar-refractivity contribution in [1.82, 2.24) is 9.47 Å². The number of carboxylic acids is 1. The number of carbonyl (C=O) groups is 1. The van der Waals surface area contributed by atoms with Crippen LogP contribution in [0.5, 0.6) is 0 Å². The van der Waals surface area contributed by atoms with E-state index in [1.165, 1.54) is 60.0 Å². The number of carboxylic acid groups (broad SMARTS) is 1. The molecule has 0 radical (unpaired) electrons. The molecule has 2 aliphatic heterocycles. The van der Waals surface area contributed by atoms with Crippen LogP contribution in [0.4, 0.5) is 5.69 Å². The van der Waals surface area contributed by atoms with Crippen LogP contribution in [0.25, 0.3) is 22.2 Å². The summed E-state index contributed by atoms with van der Waals surface area (Å²) in [5.41, 5.74) is 6.47. The predicted octanol–water partition coefficient (Wildman–Crippen LogP) is 7.27. The van der Waals surface area contributed by atoms with Gasteiger partial charge >= 0.3 is 5.97 Å². The van der Waals surface area contributed by atoms with Crippen molar-refractivity contribution in [2.75, 3.05) is 44.3 Å². The third-order valence-corrected chi connectivity index (χ3v) is 9.23. The van der Waals surface area contributed by atoms with Crippen LogP contribution in [0.1, 0.15) is 74.7 Å². The number of hydrogen-bond donors (Lipinski definition) is 1. The maximum Gasteiger partial charge on any atom is 0.335 e. The zero-order valence-electron chi connectivity index (χ0n) is 22.3. The molecule has 2 aromatic carbocycles. The van der Waals surface area contributed by atoms with Crippen molar-refractivity contribution < 1.29 is 14.6 Å². The Bertz CT molecular complexity index is 1330. The number of aromatic nitrogens is 1. The molecule has 3 heterocycles. The molecule has 210 valence electrons. The second-order valence-electron chi connectivity index (χ2n) is 11.1. The Morgan fingerprint density at radius 1 is 1.05 bits per heavy atom. The second-order valence-corrected chi connectivity index (χ2v) is 11.5. The Labute approximate surface area is 237 Å². The molecule has 7 heteroatoms. The quantitative estimate of drug-likeness (QED) is 0.349. The molecule has 0 bridgehead atoms. The van der Waals surface area contributed by atoms with Crippen molar-refractivity contribution >= 4 is 34.2 Å². The van der Waals surface area contributed by atoms with Gasteiger partial charge in [-0.2, -0.15) is 0 Å². The summed E-state index contributed by atoms with van der Waals surface area (Å²) in [7, 11) is 0. The zero-order valence-corrected chi connectivity index (χ0v) is 23.1. The van der Waals surface area contributed by atoms with Crippen molar-refractivity contribution in [2.45, 2.75) is 71.4 Å². The molecule has 1 atom stereocenters. The highest BCUT2D eigenvalue weighted by Crippen LogP contribution is 2.47. The molecule has 0 amide bonds. The van der Waals surface area contributed by atoms with E-state index in [1.807, 2.05) is 12.1 Å². The van der Waals surface area contributed by atoms with Gasteiger partial charge in [-0.15, -0.1) is 0 Å². The number of fused-ring (bicyclic) bond motifs is 5. The number of benzene rings is 2. The average molecular weight is 552 g/mol. The molecule has 3 aromatic rings. The van der Waals surface area contributed by atoms with Gasteiger partial charge in [-0.05, 0) is 61.1 Å². The molecule has 1 unspecified atom stereocenters. The van der Waals surface area contributed by atoms with E-state index in [9.17, 15) is 9.90 Å². The lowest BCUT2D eigenvalue weighted by atomic mass is 9.81. The molecule has 2 fully saturated rings. The van der Waals surface area contributed by atoms with Crippen LogP contribution in [0, 0.1) is 0 Å². The summed E-state index contributed by atoms with van der Waals surface area (Å²) in [5, 5.41) is 11.7. The first kappa shape index (κ1) is 28.0. The molecule has 1 N–H and O–H groups in total. The number of ether oxygens (including phenoxy) is 1. The van der Waals surface area contributed by atoms with Gasteiger partial charge in [-0.3, -0.25) is 4.90 Å². The smallest absolute Gasteiger partial charge is 0.335 e. The number of morpholine rings is 1. The van der Waals surface area contributed by atoms with Crippen LogP contribution < -0.4 is 4.90 Å². The molecular formula is C32H42ClN3O3. The van der Waals surface area contributed by atoms with Gasteiger partial charge < -0.3 is 19.3 Å². The molecule has 6 nitrogen and oxygen atoms in total.